The molecule has 0 saturated carbocycles. The monoisotopic (exact) mass is 364 g/mol. The van der Waals surface area contributed by atoms with Crippen molar-refractivity contribution in [2.75, 3.05) is 14.1 Å². The van der Waals surface area contributed by atoms with Crippen LogP contribution in [-0.2, 0) is 17.5 Å². The third-order valence-corrected chi connectivity index (χ3v) is 6.64. The van der Waals surface area contributed by atoms with Gasteiger partial charge in [0.05, 0.1) is 21.8 Å². The van der Waals surface area contributed by atoms with Crippen LogP contribution in [0.1, 0.15) is 44.2 Å². The van der Waals surface area contributed by atoms with Crippen LogP contribution in [0.15, 0.2) is 36.4 Å². The maximum absolute atomic E-state index is 12.3. The van der Waals surface area contributed by atoms with Gasteiger partial charge in [-0.15, -0.1) is 11.3 Å². The van der Waals surface area contributed by atoms with Crippen LogP contribution in [0.25, 0.3) is 10.4 Å². The van der Waals surface area contributed by atoms with Crippen LogP contribution >= 0.6 is 11.3 Å². The molecule has 5 heteroatoms. The summed E-state index contributed by atoms with van der Waals surface area (Å²) >= 11 is 1.77. The molecule has 0 aliphatic carbocycles. The Morgan fingerprint density at radius 3 is 2.46 bits per heavy atom. The molecule has 2 atom stereocenters. The van der Waals surface area contributed by atoms with Crippen molar-refractivity contribution in [3.63, 3.8) is 0 Å². The van der Waals surface area contributed by atoms with Gasteiger partial charge in [-0.25, -0.2) is 8.93 Å². The quantitative estimate of drug-likeness (QED) is 0.813. The highest BCUT2D eigenvalue weighted by molar-refractivity contribution is 7.84. The smallest absolute Gasteiger partial charge is 0.0976 e. The fourth-order valence-electron chi connectivity index (χ4n) is 2.36. The zero-order chi connectivity index (χ0) is 17.9. The lowest BCUT2D eigenvalue weighted by molar-refractivity contribution is 0.403. The van der Waals surface area contributed by atoms with Crippen LogP contribution in [0.5, 0.6) is 0 Å². The van der Waals surface area contributed by atoms with Gasteiger partial charge in [0, 0.05) is 16.3 Å². The number of benzene rings is 1. The van der Waals surface area contributed by atoms with Crippen molar-refractivity contribution in [1.82, 2.24) is 9.62 Å². The summed E-state index contributed by atoms with van der Waals surface area (Å²) in [6, 6.07) is 12.9. The molecular formula is C19H28N2OS2. The lowest BCUT2D eigenvalue weighted by Crippen LogP contribution is -2.34. The molecule has 132 valence electrons. The largest absolute Gasteiger partial charge is 0.305 e. The summed E-state index contributed by atoms with van der Waals surface area (Å²) in [5.74, 6) is 0. The van der Waals surface area contributed by atoms with Crippen molar-refractivity contribution in [2.24, 2.45) is 0 Å². The number of thiophene rings is 1. The van der Waals surface area contributed by atoms with E-state index in [0.29, 0.717) is 0 Å². The zero-order valence-electron chi connectivity index (χ0n) is 15.4. The number of rotatable bonds is 6. The third-order valence-electron chi connectivity index (χ3n) is 3.66. The Balaban J connectivity index is 2.21. The van der Waals surface area contributed by atoms with E-state index >= 15 is 0 Å². The molecule has 1 heterocycles. The molecule has 1 unspecified atom stereocenters. The Kier molecular flexibility index (Phi) is 6.37. The molecule has 2 rings (SSSR count). The maximum atomic E-state index is 12.3. The van der Waals surface area contributed by atoms with Gasteiger partial charge in [0.1, 0.15) is 0 Å². The summed E-state index contributed by atoms with van der Waals surface area (Å²) in [5, 5.41) is 0. The molecule has 2 aromatic rings. The Morgan fingerprint density at radius 1 is 1.17 bits per heavy atom. The Labute approximate surface area is 152 Å². The van der Waals surface area contributed by atoms with Gasteiger partial charge in [-0.05, 0) is 65.0 Å². The van der Waals surface area contributed by atoms with Crippen molar-refractivity contribution in [3.05, 3.63) is 46.8 Å². The minimum absolute atomic E-state index is 0.0739. The second-order valence-electron chi connectivity index (χ2n) is 7.32. The van der Waals surface area contributed by atoms with E-state index in [0.717, 1.165) is 6.54 Å². The zero-order valence-corrected chi connectivity index (χ0v) is 17.1. The van der Waals surface area contributed by atoms with Gasteiger partial charge < -0.3 is 4.90 Å². The normalized spacial score (nSPS) is 14.8. The predicted molar refractivity (Wildman–Crippen MR) is 107 cm³/mol. The summed E-state index contributed by atoms with van der Waals surface area (Å²) in [5.41, 5.74) is 2.61. The molecule has 1 N–H and O–H groups in total. The molecule has 0 fully saturated rings. The van der Waals surface area contributed by atoms with Gasteiger partial charge in [-0.2, -0.15) is 0 Å². The lowest BCUT2D eigenvalue weighted by Gasteiger charge is -2.21. The van der Waals surface area contributed by atoms with Crippen LogP contribution < -0.4 is 4.72 Å². The molecule has 0 amide bonds. The van der Waals surface area contributed by atoms with Crippen LogP contribution in [0.3, 0.4) is 0 Å². The first-order chi connectivity index (χ1) is 11.2. The van der Waals surface area contributed by atoms with Crippen LogP contribution in [0.2, 0.25) is 0 Å². The van der Waals surface area contributed by atoms with Gasteiger partial charge in [-0.1, -0.05) is 24.3 Å². The van der Waals surface area contributed by atoms with Crippen molar-refractivity contribution in [2.45, 2.75) is 45.0 Å². The summed E-state index contributed by atoms with van der Waals surface area (Å²) < 4.78 is 15.3. The Hall–Kier alpha value is -1.01. The minimum Gasteiger partial charge on any atom is -0.305 e. The van der Waals surface area contributed by atoms with E-state index < -0.39 is 11.0 Å². The first-order valence-electron chi connectivity index (χ1n) is 8.19. The number of hydrogen-bond donors (Lipinski definition) is 1. The molecule has 24 heavy (non-hydrogen) atoms. The summed E-state index contributed by atoms with van der Waals surface area (Å²) in [7, 11) is 3.11. The average molecular weight is 365 g/mol. The van der Waals surface area contributed by atoms with Gasteiger partial charge in [-0.3, -0.25) is 0 Å². The van der Waals surface area contributed by atoms with E-state index in [2.05, 4.69) is 67.0 Å². The van der Waals surface area contributed by atoms with Crippen molar-refractivity contribution >= 4 is 22.3 Å². The maximum Gasteiger partial charge on any atom is 0.0976 e. The summed E-state index contributed by atoms with van der Waals surface area (Å²) in [4.78, 5) is 4.66. The molecule has 1 aromatic carbocycles. The average Bonchev–Trinajstić information content (AvgIpc) is 2.96. The van der Waals surface area contributed by atoms with Crippen molar-refractivity contribution in [1.29, 1.82) is 0 Å². The van der Waals surface area contributed by atoms with Crippen molar-refractivity contribution in [3.8, 4) is 10.4 Å². The second kappa shape index (κ2) is 7.91. The predicted octanol–water partition coefficient (Wildman–Crippen LogP) is 4.59. The molecular weight excluding hydrogens is 336 g/mol. The van der Waals surface area contributed by atoms with Gasteiger partial charge in [0.25, 0.3) is 0 Å². The highest BCUT2D eigenvalue weighted by Gasteiger charge is 2.22. The molecule has 1 aromatic heterocycles. The molecule has 0 radical (unpaired) electrons. The summed E-state index contributed by atoms with van der Waals surface area (Å²) in [6.45, 7) is 8.96. The molecule has 3 nitrogen and oxygen atoms in total. The molecule has 0 bridgehead atoms. The van der Waals surface area contributed by atoms with Gasteiger partial charge >= 0.3 is 0 Å². The Morgan fingerprint density at radius 2 is 1.83 bits per heavy atom. The number of nitrogens with zero attached hydrogens (tertiary/aromatic N) is 1. The van der Waals surface area contributed by atoms with Crippen LogP contribution in [0.4, 0.5) is 0 Å². The van der Waals surface area contributed by atoms with E-state index in [1.54, 1.807) is 11.3 Å². The number of hydrogen-bond acceptors (Lipinski definition) is 3. The van der Waals surface area contributed by atoms with Crippen LogP contribution in [0, 0.1) is 0 Å². The highest BCUT2D eigenvalue weighted by atomic mass is 32.2. The Bertz CT molecular complexity index is 701. The topological polar surface area (TPSA) is 32.3 Å². The molecule has 0 aliphatic rings. The fraction of sp³-hybridized carbons (Fsp3) is 0.474. The first kappa shape index (κ1) is 19.3. The molecule has 0 spiro atoms. The lowest BCUT2D eigenvalue weighted by atomic mass is 10.1. The van der Waals surface area contributed by atoms with E-state index in [1.807, 2.05) is 20.8 Å². The molecule has 0 saturated heterocycles. The van der Waals surface area contributed by atoms with Gasteiger partial charge in [0.2, 0.25) is 0 Å². The van der Waals surface area contributed by atoms with E-state index in [1.165, 1.54) is 20.9 Å². The van der Waals surface area contributed by atoms with Crippen LogP contribution in [-0.4, -0.2) is 28.0 Å². The minimum atomic E-state index is -1.07. The third kappa shape index (κ3) is 4.99. The number of nitrogens with one attached hydrogen (secondary N) is 1. The fourth-order valence-corrected chi connectivity index (χ4v) is 4.31. The van der Waals surface area contributed by atoms with E-state index in [4.69, 9.17) is 0 Å². The van der Waals surface area contributed by atoms with Gasteiger partial charge in [0.15, 0.2) is 0 Å². The first-order valence-corrected chi connectivity index (χ1v) is 10.2. The summed E-state index contributed by atoms with van der Waals surface area (Å²) in [6.07, 6.45) is 0. The van der Waals surface area contributed by atoms with Crippen molar-refractivity contribution < 1.29 is 4.21 Å². The standard InChI is InChI=1S/C19H28N2OS2/c1-14(20-24(22)19(2,3)4)17-11-12-18(23-17)16-10-8-7-9-15(16)13-21(5)6/h7-12,14,20H,13H2,1-6H3/t14-,24?/m1/s1. The second-order valence-corrected chi connectivity index (χ2v) is 10.4. The van der Waals surface area contributed by atoms with E-state index in [9.17, 15) is 4.21 Å². The SMILES string of the molecule is C[C@@H](NS(=O)C(C)(C)C)c1ccc(-c2ccccc2CN(C)C)s1. The highest BCUT2D eigenvalue weighted by Crippen LogP contribution is 2.34. The van der Waals surface area contributed by atoms with E-state index in [-0.39, 0.29) is 10.8 Å². The molecule has 0 aliphatic heterocycles.